The number of amides is 1. The number of carbonyl (C=O) groups excluding carboxylic acids is 1. The molecule has 1 unspecified atom stereocenters. The van der Waals surface area contributed by atoms with Crippen molar-refractivity contribution in [1.29, 1.82) is 0 Å². The van der Waals surface area contributed by atoms with Gasteiger partial charge in [0.1, 0.15) is 0 Å². The van der Waals surface area contributed by atoms with E-state index in [1.807, 2.05) is 45.8 Å². The largest absolute Gasteiger partial charge is 0.342 e. The molecule has 1 heterocycles. The molecule has 0 aliphatic heterocycles. The van der Waals surface area contributed by atoms with Gasteiger partial charge in [0.05, 0.1) is 11.7 Å². The summed E-state index contributed by atoms with van der Waals surface area (Å²) in [6, 6.07) is -0.162. The van der Waals surface area contributed by atoms with E-state index in [-0.39, 0.29) is 11.9 Å². The Kier molecular flexibility index (Phi) is 5.34. The number of nitrogens with zero attached hydrogens (tertiary/aromatic N) is 3. The maximum atomic E-state index is 12.1. The van der Waals surface area contributed by atoms with Crippen LogP contribution in [0.5, 0.6) is 0 Å². The molecule has 1 N–H and O–H groups in total. The SMILES string of the molecule is CCN(CC)C(=O)C(C)NCc1cn(C)nc1C. The molecule has 1 aromatic heterocycles. The predicted molar refractivity (Wildman–Crippen MR) is 72.2 cm³/mol. The number of likely N-dealkylation sites (N-methyl/N-ethyl adjacent to an activating group) is 1. The number of aryl methyl sites for hydroxylation is 2. The lowest BCUT2D eigenvalue weighted by molar-refractivity contribution is -0.132. The van der Waals surface area contributed by atoms with Crippen LogP contribution < -0.4 is 5.32 Å². The van der Waals surface area contributed by atoms with Crippen molar-refractivity contribution in [2.75, 3.05) is 13.1 Å². The minimum absolute atomic E-state index is 0.154. The molecule has 5 nitrogen and oxygen atoms in total. The van der Waals surface area contributed by atoms with Gasteiger partial charge in [-0.25, -0.2) is 0 Å². The van der Waals surface area contributed by atoms with Gasteiger partial charge in [0.15, 0.2) is 0 Å². The number of rotatable bonds is 6. The van der Waals surface area contributed by atoms with Crippen LogP contribution in [0.4, 0.5) is 0 Å². The molecule has 1 rings (SSSR count). The first-order valence-electron chi connectivity index (χ1n) is 6.50. The van der Waals surface area contributed by atoms with Crippen LogP contribution in [0, 0.1) is 6.92 Å². The van der Waals surface area contributed by atoms with Crippen LogP contribution in [0.2, 0.25) is 0 Å². The Balaban J connectivity index is 2.53. The van der Waals surface area contributed by atoms with E-state index < -0.39 is 0 Å². The van der Waals surface area contributed by atoms with Crippen molar-refractivity contribution in [3.63, 3.8) is 0 Å². The molecule has 1 amide bonds. The summed E-state index contributed by atoms with van der Waals surface area (Å²) in [6.07, 6.45) is 1.98. The Hall–Kier alpha value is -1.36. The number of hydrogen-bond donors (Lipinski definition) is 1. The van der Waals surface area contributed by atoms with E-state index in [1.54, 1.807) is 4.68 Å². The number of aromatic nitrogens is 2. The summed E-state index contributed by atoms with van der Waals surface area (Å²) in [5.74, 6) is 0.154. The first-order valence-corrected chi connectivity index (χ1v) is 6.50. The summed E-state index contributed by atoms with van der Waals surface area (Å²) in [4.78, 5) is 13.9. The fraction of sp³-hybridized carbons (Fsp3) is 0.692. The van der Waals surface area contributed by atoms with E-state index in [0.29, 0.717) is 6.54 Å². The zero-order chi connectivity index (χ0) is 13.7. The van der Waals surface area contributed by atoms with Crippen molar-refractivity contribution in [1.82, 2.24) is 20.0 Å². The van der Waals surface area contributed by atoms with Gasteiger partial charge in [0.2, 0.25) is 5.91 Å². The second kappa shape index (κ2) is 6.54. The number of carbonyl (C=O) groups is 1. The quantitative estimate of drug-likeness (QED) is 0.824. The topological polar surface area (TPSA) is 50.2 Å². The van der Waals surface area contributed by atoms with Gasteiger partial charge >= 0.3 is 0 Å². The third-order valence-corrected chi connectivity index (χ3v) is 3.16. The van der Waals surface area contributed by atoms with Gasteiger partial charge < -0.3 is 10.2 Å². The molecule has 0 saturated heterocycles. The lowest BCUT2D eigenvalue weighted by atomic mass is 10.2. The molecule has 1 atom stereocenters. The normalized spacial score (nSPS) is 12.5. The van der Waals surface area contributed by atoms with Crippen LogP contribution in [-0.2, 0) is 18.4 Å². The Morgan fingerprint density at radius 3 is 2.56 bits per heavy atom. The van der Waals surface area contributed by atoms with Crippen LogP contribution in [0.1, 0.15) is 32.0 Å². The van der Waals surface area contributed by atoms with Crippen LogP contribution >= 0.6 is 0 Å². The molecule has 0 aromatic carbocycles. The van der Waals surface area contributed by atoms with Gasteiger partial charge in [-0.05, 0) is 27.7 Å². The van der Waals surface area contributed by atoms with Crippen molar-refractivity contribution >= 4 is 5.91 Å². The summed E-state index contributed by atoms with van der Waals surface area (Å²) in [5.41, 5.74) is 2.14. The minimum atomic E-state index is -0.162. The molecular formula is C13H24N4O. The minimum Gasteiger partial charge on any atom is -0.342 e. The van der Waals surface area contributed by atoms with Gasteiger partial charge in [-0.15, -0.1) is 0 Å². The molecule has 0 bridgehead atoms. The first kappa shape index (κ1) is 14.7. The molecule has 102 valence electrons. The summed E-state index contributed by atoms with van der Waals surface area (Å²) in [7, 11) is 1.90. The molecule has 0 aliphatic rings. The molecule has 0 saturated carbocycles. The van der Waals surface area contributed by atoms with Crippen LogP contribution in [-0.4, -0.2) is 39.7 Å². The number of nitrogens with one attached hydrogen (secondary N) is 1. The third kappa shape index (κ3) is 3.57. The van der Waals surface area contributed by atoms with E-state index >= 15 is 0 Å². The highest BCUT2D eigenvalue weighted by Crippen LogP contribution is 2.05. The Bertz CT molecular complexity index is 396. The Morgan fingerprint density at radius 2 is 2.11 bits per heavy atom. The van der Waals surface area contributed by atoms with Crippen molar-refractivity contribution in [3.8, 4) is 0 Å². The molecule has 0 radical (unpaired) electrons. The maximum Gasteiger partial charge on any atom is 0.239 e. The Morgan fingerprint density at radius 1 is 1.50 bits per heavy atom. The molecule has 18 heavy (non-hydrogen) atoms. The van der Waals surface area contributed by atoms with Gasteiger partial charge in [-0.1, -0.05) is 0 Å². The molecule has 0 aliphatic carbocycles. The zero-order valence-electron chi connectivity index (χ0n) is 12.0. The van der Waals surface area contributed by atoms with Gasteiger partial charge in [0.25, 0.3) is 0 Å². The van der Waals surface area contributed by atoms with E-state index in [2.05, 4.69) is 10.4 Å². The summed E-state index contributed by atoms with van der Waals surface area (Å²) in [5, 5.41) is 7.54. The third-order valence-electron chi connectivity index (χ3n) is 3.16. The van der Waals surface area contributed by atoms with Crippen molar-refractivity contribution in [3.05, 3.63) is 17.5 Å². The van der Waals surface area contributed by atoms with E-state index in [9.17, 15) is 4.79 Å². The van der Waals surface area contributed by atoms with Crippen molar-refractivity contribution < 1.29 is 4.79 Å². The van der Waals surface area contributed by atoms with Crippen molar-refractivity contribution in [2.45, 2.75) is 40.3 Å². The Labute approximate surface area is 109 Å². The van der Waals surface area contributed by atoms with E-state index in [4.69, 9.17) is 0 Å². The first-order chi connectivity index (χ1) is 8.49. The average Bonchev–Trinajstić information content (AvgIpc) is 2.66. The average molecular weight is 252 g/mol. The fourth-order valence-corrected chi connectivity index (χ4v) is 1.98. The van der Waals surface area contributed by atoms with Crippen LogP contribution in [0.25, 0.3) is 0 Å². The van der Waals surface area contributed by atoms with E-state index in [1.165, 1.54) is 0 Å². The highest BCUT2D eigenvalue weighted by atomic mass is 16.2. The maximum absolute atomic E-state index is 12.1. The summed E-state index contributed by atoms with van der Waals surface area (Å²) in [6.45, 7) is 10.1. The van der Waals surface area contributed by atoms with Gasteiger partial charge in [0, 0.05) is 38.4 Å². The molecular weight excluding hydrogens is 228 g/mol. The van der Waals surface area contributed by atoms with Gasteiger partial charge in [-0.2, -0.15) is 5.10 Å². The second-order valence-electron chi connectivity index (χ2n) is 4.53. The smallest absolute Gasteiger partial charge is 0.239 e. The molecule has 0 spiro atoms. The lowest BCUT2D eigenvalue weighted by Crippen LogP contribution is -2.44. The number of hydrogen-bond acceptors (Lipinski definition) is 3. The molecule has 0 fully saturated rings. The summed E-state index contributed by atoms with van der Waals surface area (Å²) < 4.78 is 1.79. The predicted octanol–water partition coefficient (Wildman–Crippen LogP) is 1.08. The second-order valence-corrected chi connectivity index (χ2v) is 4.53. The standard InChI is InChI=1S/C13H24N4O/c1-6-17(7-2)13(18)11(4)14-8-12-9-16(5)15-10(12)3/h9,11,14H,6-8H2,1-5H3. The monoisotopic (exact) mass is 252 g/mol. The van der Waals surface area contributed by atoms with Crippen LogP contribution in [0.15, 0.2) is 6.20 Å². The van der Waals surface area contributed by atoms with Crippen molar-refractivity contribution in [2.24, 2.45) is 7.05 Å². The van der Waals surface area contributed by atoms with Crippen LogP contribution in [0.3, 0.4) is 0 Å². The lowest BCUT2D eigenvalue weighted by Gasteiger charge is -2.23. The zero-order valence-corrected chi connectivity index (χ0v) is 12.0. The molecule has 5 heteroatoms. The highest BCUT2D eigenvalue weighted by molar-refractivity contribution is 5.81. The summed E-state index contributed by atoms with van der Waals surface area (Å²) >= 11 is 0. The molecule has 1 aromatic rings. The van der Waals surface area contributed by atoms with E-state index in [0.717, 1.165) is 24.3 Å². The fourth-order valence-electron chi connectivity index (χ4n) is 1.98. The van der Waals surface area contributed by atoms with Gasteiger partial charge in [-0.3, -0.25) is 9.48 Å². The highest BCUT2D eigenvalue weighted by Gasteiger charge is 2.17.